The van der Waals surface area contributed by atoms with Crippen molar-refractivity contribution in [2.24, 2.45) is 14.1 Å². The molecule has 0 saturated heterocycles. The molecule has 0 aliphatic rings. The molecule has 0 unspecified atom stereocenters. The Morgan fingerprint density at radius 2 is 1.91 bits per heavy atom. The Morgan fingerprint density at radius 3 is 2.50 bits per heavy atom. The number of aryl methyl sites for hydroxylation is 1. The number of hydrogen-bond acceptors (Lipinski definition) is 4. The second kappa shape index (κ2) is 6.31. The van der Waals surface area contributed by atoms with Crippen molar-refractivity contribution in [1.29, 1.82) is 0 Å². The molecule has 0 aliphatic carbocycles. The van der Waals surface area contributed by atoms with Gasteiger partial charge in [0.25, 0.3) is 5.56 Å². The van der Waals surface area contributed by atoms with Crippen molar-refractivity contribution in [3.8, 4) is 0 Å². The largest absolute Gasteiger partial charge is 0.330 e. The zero-order valence-corrected chi connectivity index (χ0v) is 13.7. The lowest BCUT2D eigenvalue weighted by atomic mass is 10.1. The van der Waals surface area contributed by atoms with Crippen LogP contribution in [0.15, 0.2) is 28.0 Å². The summed E-state index contributed by atoms with van der Waals surface area (Å²) in [7, 11) is 3.15. The predicted octanol–water partition coefficient (Wildman–Crippen LogP) is 0.328. The molecule has 0 bridgehead atoms. The van der Waals surface area contributed by atoms with Crippen molar-refractivity contribution in [3.05, 3.63) is 50.6 Å². The van der Waals surface area contributed by atoms with E-state index in [1.807, 2.05) is 24.0 Å². The third-order valence-electron chi connectivity index (χ3n) is 4.10. The Kier molecular flexibility index (Phi) is 4.65. The first-order chi connectivity index (χ1) is 10.3. The molecule has 0 aromatic carbocycles. The highest BCUT2D eigenvalue weighted by Gasteiger charge is 2.15. The van der Waals surface area contributed by atoms with Gasteiger partial charge in [-0.1, -0.05) is 0 Å². The van der Waals surface area contributed by atoms with Crippen molar-refractivity contribution < 1.29 is 0 Å². The minimum Gasteiger partial charge on any atom is -0.307 e. The second-order valence-electron chi connectivity index (χ2n) is 5.78. The van der Waals surface area contributed by atoms with Gasteiger partial charge in [-0.15, -0.1) is 0 Å². The summed E-state index contributed by atoms with van der Waals surface area (Å²) in [6, 6.07) is 1.79. The van der Waals surface area contributed by atoms with E-state index in [-0.39, 0.29) is 23.3 Å². The van der Waals surface area contributed by atoms with Gasteiger partial charge < -0.3 is 5.32 Å². The van der Waals surface area contributed by atoms with Gasteiger partial charge in [-0.25, -0.2) is 4.79 Å². The van der Waals surface area contributed by atoms with Gasteiger partial charge in [0.2, 0.25) is 0 Å². The molecule has 1 N–H and O–H groups in total. The van der Waals surface area contributed by atoms with Gasteiger partial charge in [-0.2, -0.15) is 5.10 Å². The first-order valence-corrected chi connectivity index (χ1v) is 7.31. The molecular weight excluding hydrogens is 282 g/mol. The summed E-state index contributed by atoms with van der Waals surface area (Å²) in [4.78, 5) is 23.6. The maximum absolute atomic E-state index is 11.9. The van der Waals surface area contributed by atoms with Crippen LogP contribution in [0.1, 0.15) is 31.1 Å². The molecule has 0 amide bonds. The van der Waals surface area contributed by atoms with E-state index in [4.69, 9.17) is 0 Å². The Hall–Kier alpha value is -2.15. The molecule has 120 valence electrons. The average Bonchev–Trinajstić information content (AvgIpc) is 2.92. The standard InChI is InChI=1S/C15H23N5O2/c1-10-7-17-20(9-10)12(3)11(2)16-8-13-6-14(21)19(5)15(22)18(13)4/h6-7,9,11-12,16H,8H2,1-5H3/t11-,12-/m1/s1. The summed E-state index contributed by atoms with van der Waals surface area (Å²) in [6.07, 6.45) is 3.82. The third kappa shape index (κ3) is 3.19. The van der Waals surface area contributed by atoms with E-state index in [0.29, 0.717) is 12.2 Å². The van der Waals surface area contributed by atoms with E-state index in [2.05, 4.69) is 24.3 Å². The van der Waals surface area contributed by atoms with E-state index in [0.717, 1.165) is 10.1 Å². The Bertz CT molecular complexity index is 771. The van der Waals surface area contributed by atoms with Crippen LogP contribution >= 0.6 is 0 Å². The van der Waals surface area contributed by atoms with Crippen LogP contribution in [0.5, 0.6) is 0 Å². The zero-order chi connectivity index (χ0) is 16.4. The molecule has 22 heavy (non-hydrogen) atoms. The zero-order valence-electron chi connectivity index (χ0n) is 13.7. The lowest BCUT2D eigenvalue weighted by molar-refractivity contribution is 0.361. The maximum atomic E-state index is 11.9. The smallest absolute Gasteiger partial charge is 0.307 e. The number of hydrogen-bond donors (Lipinski definition) is 1. The highest BCUT2D eigenvalue weighted by Crippen LogP contribution is 2.11. The normalized spacial score (nSPS) is 14.0. The lowest BCUT2D eigenvalue weighted by Crippen LogP contribution is -2.40. The van der Waals surface area contributed by atoms with Gasteiger partial charge in [-0.05, 0) is 26.3 Å². The topological polar surface area (TPSA) is 73.8 Å². The number of rotatable bonds is 5. The van der Waals surface area contributed by atoms with Crippen molar-refractivity contribution in [2.45, 2.75) is 39.4 Å². The van der Waals surface area contributed by atoms with Crippen LogP contribution in [0, 0.1) is 6.92 Å². The summed E-state index contributed by atoms with van der Waals surface area (Å²) in [5.74, 6) is 0. The van der Waals surface area contributed by atoms with E-state index >= 15 is 0 Å². The van der Waals surface area contributed by atoms with Gasteiger partial charge in [0.1, 0.15) is 0 Å². The minimum absolute atomic E-state index is 0.137. The highest BCUT2D eigenvalue weighted by molar-refractivity contribution is 5.03. The van der Waals surface area contributed by atoms with E-state index in [1.165, 1.54) is 17.7 Å². The number of nitrogens with one attached hydrogen (secondary N) is 1. The van der Waals surface area contributed by atoms with Crippen molar-refractivity contribution in [3.63, 3.8) is 0 Å². The molecule has 0 radical (unpaired) electrons. The lowest BCUT2D eigenvalue weighted by Gasteiger charge is -2.22. The monoisotopic (exact) mass is 305 g/mol. The SMILES string of the molecule is Cc1cnn([C@H](C)[C@@H](C)NCc2cc(=O)n(C)c(=O)n2C)c1. The van der Waals surface area contributed by atoms with Gasteiger partial charge in [0.05, 0.1) is 12.2 Å². The fraction of sp³-hybridized carbons (Fsp3) is 0.533. The molecule has 2 aromatic heterocycles. The summed E-state index contributed by atoms with van der Waals surface area (Å²) >= 11 is 0. The molecular formula is C15H23N5O2. The molecule has 0 spiro atoms. The summed E-state index contributed by atoms with van der Waals surface area (Å²) in [5, 5.41) is 7.67. The molecule has 2 atom stereocenters. The summed E-state index contributed by atoms with van der Waals surface area (Å²) in [6.45, 7) is 6.59. The van der Waals surface area contributed by atoms with Crippen molar-refractivity contribution in [2.75, 3.05) is 0 Å². The van der Waals surface area contributed by atoms with E-state index < -0.39 is 0 Å². The first-order valence-electron chi connectivity index (χ1n) is 7.31. The Morgan fingerprint density at radius 1 is 1.23 bits per heavy atom. The molecule has 7 nitrogen and oxygen atoms in total. The van der Waals surface area contributed by atoms with Crippen LogP contribution in [0.25, 0.3) is 0 Å². The van der Waals surface area contributed by atoms with Gasteiger partial charge in [-0.3, -0.25) is 18.6 Å². The van der Waals surface area contributed by atoms with Crippen LogP contribution in [0.3, 0.4) is 0 Å². The second-order valence-corrected chi connectivity index (χ2v) is 5.78. The summed E-state index contributed by atoms with van der Waals surface area (Å²) < 4.78 is 4.50. The van der Waals surface area contributed by atoms with Crippen LogP contribution in [-0.2, 0) is 20.6 Å². The Labute approximate surface area is 129 Å². The van der Waals surface area contributed by atoms with Crippen LogP contribution in [0.2, 0.25) is 0 Å². The van der Waals surface area contributed by atoms with Crippen molar-refractivity contribution >= 4 is 0 Å². The van der Waals surface area contributed by atoms with Crippen molar-refractivity contribution in [1.82, 2.24) is 24.2 Å². The predicted molar refractivity (Wildman–Crippen MR) is 84.9 cm³/mol. The van der Waals surface area contributed by atoms with Crippen LogP contribution in [0.4, 0.5) is 0 Å². The highest BCUT2D eigenvalue weighted by atomic mass is 16.2. The fourth-order valence-corrected chi connectivity index (χ4v) is 2.27. The molecule has 0 fully saturated rings. The number of nitrogens with zero attached hydrogens (tertiary/aromatic N) is 4. The minimum atomic E-state index is -0.312. The third-order valence-corrected chi connectivity index (χ3v) is 4.10. The quantitative estimate of drug-likeness (QED) is 0.864. The molecule has 2 heterocycles. The molecule has 2 rings (SSSR count). The maximum Gasteiger partial charge on any atom is 0.330 e. The fourth-order valence-electron chi connectivity index (χ4n) is 2.27. The Balaban J connectivity index is 2.10. The van der Waals surface area contributed by atoms with Gasteiger partial charge >= 0.3 is 5.69 Å². The van der Waals surface area contributed by atoms with Crippen LogP contribution < -0.4 is 16.6 Å². The first kappa shape index (κ1) is 16.2. The molecule has 2 aromatic rings. The molecule has 0 saturated carbocycles. The van der Waals surface area contributed by atoms with E-state index in [1.54, 1.807) is 7.05 Å². The van der Waals surface area contributed by atoms with Crippen LogP contribution in [-0.4, -0.2) is 25.0 Å². The average molecular weight is 305 g/mol. The van der Waals surface area contributed by atoms with Gasteiger partial charge in [0, 0.05) is 44.6 Å². The molecule has 7 heteroatoms. The van der Waals surface area contributed by atoms with Gasteiger partial charge in [0.15, 0.2) is 0 Å². The van der Waals surface area contributed by atoms with E-state index in [9.17, 15) is 9.59 Å². The summed E-state index contributed by atoms with van der Waals surface area (Å²) in [5.41, 5.74) is 1.19. The number of aromatic nitrogens is 4. The molecule has 0 aliphatic heterocycles.